The van der Waals surface area contributed by atoms with Crippen LogP contribution in [0.25, 0.3) is 0 Å². The van der Waals surface area contributed by atoms with E-state index in [9.17, 15) is 0 Å². The number of unbranched alkanes of at least 4 members (excludes halogenated alkanes) is 3. The van der Waals surface area contributed by atoms with Crippen LogP contribution in [0.4, 0.5) is 0 Å². The van der Waals surface area contributed by atoms with Gasteiger partial charge >= 0.3 is 0 Å². The highest BCUT2D eigenvalue weighted by Crippen LogP contribution is 2.27. The summed E-state index contributed by atoms with van der Waals surface area (Å²) in [6.07, 6.45) is 6.39. The van der Waals surface area contributed by atoms with E-state index >= 15 is 0 Å². The Hall–Kier alpha value is -1.02. The van der Waals surface area contributed by atoms with E-state index in [0.29, 0.717) is 6.61 Å². The Balaban J connectivity index is 1.77. The van der Waals surface area contributed by atoms with E-state index in [1.165, 1.54) is 31.2 Å². The summed E-state index contributed by atoms with van der Waals surface area (Å²) in [6.45, 7) is 5.81. The average molecular weight is 248 g/mol. The van der Waals surface area contributed by atoms with Gasteiger partial charge in [0, 0.05) is 0 Å². The van der Waals surface area contributed by atoms with Crippen molar-refractivity contribution < 1.29 is 9.47 Å². The Bertz CT molecular complexity index is 369. The van der Waals surface area contributed by atoms with Crippen molar-refractivity contribution in [3.05, 3.63) is 29.8 Å². The maximum absolute atomic E-state index is 5.78. The van der Waals surface area contributed by atoms with Crippen LogP contribution in [0.15, 0.2) is 24.3 Å². The third-order valence-corrected chi connectivity index (χ3v) is 3.40. The zero-order valence-corrected chi connectivity index (χ0v) is 11.6. The van der Waals surface area contributed by atoms with Gasteiger partial charge in [-0.25, -0.2) is 0 Å². The predicted octanol–water partition coefficient (Wildman–Crippen LogP) is 3.98. The first-order chi connectivity index (χ1) is 8.72. The first kappa shape index (κ1) is 13.4. The molecule has 1 fully saturated rings. The van der Waals surface area contributed by atoms with Gasteiger partial charge in [0.25, 0.3) is 0 Å². The molecule has 0 spiro atoms. The summed E-state index contributed by atoms with van der Waals surface area (Å²) in [4.78, 5) is 0. The van der Waals surface area contributed by atoms with Crippen molar-refractivity contribution in [2.24, 2.45) is 0 Å². The van der Waals surface area contributed by atoms with Crippen molar-refractivity contribution in [3.8, 4) is 5.75 Å². The molecule has 1 aromatic carbocycles. The molecule has 2 rings (SSSR count). The molecule has 0 aromatic heterocycles. The second kappa shape index (κ2) is 6.24. The Morgan fingerprint density at radius 3 is 2.83 bits per heavy atom. The monoisotopic (exact) mass is 248 g/mol. The molecule has 0 aliphatic carbocycles. The standard InChI is InChI=1S/C16H24O2/c1-3-4-5-6-8-14-9-7-10-15(11-14)17-12-16(2)13-18-16/h7,9-11H,3-6,8,12-13H2,1-2H3. The Morgan fingerprint density at radius 1 is 1.28 bits per heavy atom. The third-order valence-electron chi connectivity index (χ3n) is 3.40. The summed E-state index contributed by atoms with van der Waals surface area (Å²) >= 11 is 0. The van der Waals surface area contributed by atoms with E-state index in [2.05, 4.69) is 32.0 Å². The average Bonchev–Trinajstić information content (AvgIpc) is 3.12. The number of ether oxygens (including phenoxy) is 2. The minimum Gasteiger partial charge on any atom is -0.490 e. The molecule has 0 bridgehead atoms. The van der Waals surface area contributed by atoms with Crippen molar-refractivity contribution >= 4 is 0 Å². The fraction of sp³-hybridized carbons (Fsp3) is 0.625. The highest BCUT2D eigenvalue weighted by Gasteiger charge is 2.40. The van der Waals surface area contributed by atoms with E-state index in [1.807, 2.05) is 6.07 Å². The fourth-order valence-corrected chi connectivity index (χ4v) is 1.99. The molecule has 2 nitrogen and oxygen atoms in total. The van der Waals surface area contributed by atoms with Gasteiger partial charge in [-0.15, -0.1) is 0 Å². The molecule has 1 aromatic rings. The van der Waals surface area contributed by atoms with Crippen LogP contribution in [0.3, 0.4) is 0 Å². The maximum Gasteiger partial charge on any atom is 0.123 e. The molecule has 0 N–H and O–H groups in total. The number of hydrogen-bond donors (Lipinski definition) is 0. The summed E-state index contributed by atoms with van der Waals surface area (Å²) in [5, 5.41) is 0. The fourth-order valence-electron chi connectivity index (χ4n) is 1.99. The number of epoxide rings is 1. The van der Waals surface area contributed by atoms with E-state index < -0.39 is 0 Å². The van der Waals surface area contributed by atoms with Crippen molar-refractivity contribution in [1.82, 2.24) is 0 Å². The van der Waals surface area contributed by atoms with Gasteiger partial charge in [0.15, 0.2) is 0 Å². The molecule has 1 unspecified atom stereocenters. The summed E-state index contributed by atoms with van der Waals surface area (Å²) in [5.74, 6) is 0.972. The van der Waals surface area contributed by atoms with Crippen LogP contribution in [-0.2, 0) is 11.2 Å². The number of aryl methyl sites for hydroxylation is 1. The number of benzene rings is 1. The van der Waals surface area contributed by atoms with Crippen molar-refractivity contribution in [1.29, 1.82) is 0 Å². The van der Waals surface area contributed by atoms with E-state index in [-0.39, 0.29) is 5.60 Å². The molecular formula is C16H24O2. The lowest BCUT2D eigenvalue weighted by Gasteiger charge is -2.10. The quantitative estimate of drug-likeness (QED) is 0.513. The smallest absolute Gasteiger partial charge is 0.123 e. The molecule has 100 valence electrons. The second-order valence-electron chi connectivity index (χ2n) is 5.49. The van der Waals surface area contributed by atoms with E-state index in [4.69, 9.17) is 9.47 Å². The molecule has 1 atom stereocenters. The van der Waals surface area contributed by atoms with Crippen molar-refractivity contribution in [2.75, 3.05) is 13.2 Å². The molecule has 1 heterocycles. The Morgan fingerprint density at radius 2 is 2.11 bits per heavy atom. The molecule has 1 saturated heterocycles. The molecule has 1 aliphatic heterocycles. The largest absolute Gasteiger partial charge is 0.490 e. The lowest BCUT2D eigenvalue weighted by Crippen LogP contribution is -2.16. The first-order valence-electron chi connectivity index (χ1n) is 7.07. The van der Waals surface area contributed by atoms with Gasteiger partial charge in [0.05, 0.1) is 6.61 Å². The van der Waals surface area contributed by atoms with Crippen LogP contribution in [0.5, 0.6) is 5.75 Å². The predicted molar refractivity (Wildman–Crippen MR) is 74.1 cm³/mol. The van der Waals surface area contributed by atoms with Gasteiger partial charge in [0.1, 0.15) is 18.0 Å². The zero-order valence-electron chi connectivity index (χ0n) is 11.6. The van der Waals surface area contributed by atoms with Gasteiger partial charge < -0.3 is 9.47 Å². The highest BCUT2D eigenvalue weighted by atomic mass is 16.6. The van der Waals surface area contributed by atoms with Gasteiger partial charge in [-0.3, -0.25) is 0 Å². The van der Waals surface area contributed by atoms with Crippen LogP contribution in [0.2, 0.25) is 0 Å². The molecule has 1 aliphatic rings. The Kier molecular flexibility index (Phi) is 4.65. The minimum atomic E-state index is -0.0306. The van der Waals surface area contributed by atoms with Crippen molar-refractivity contribution in [2.45, 2.75) is 51.6 Å². The minimum absolute atomic E-state index is 0.0306. The van der Waals surface area contributed by atoms with E-state index in [0.717, 1.165) is 18.8 Å². The molecule has 18 heavy (non-hydrogen) atoms. The first-order valence-corrected chi connectivity index (χ1v) is 7.07. The van der Waals surface area contributed by atoms with Crippen molar-refractivity contribution in [3.63, 3.8) is 0 Å². The second-order valence-corrected chi connectivity index (χ2v) is 5.49. The molecule has 0 saturated carbocycles. The topological polar surface area (TPSA) is 21.8 Å². The van der Waals surface area contributed by atoms with Crippen LogP contribution < -0.4 is 4.74 Å². The summed E-state index contributed by atoms with van der Waals surface area (Å²) < 4.78 is 11.1. The van der Waals surface area contributed by atoms with Gasteiger partial charge in [-0.05, 0) is 37.5 Å². The maximum atomic E-state index is 5.78. The number of hydrogen-bond acceptors (Lipinski definition) is 2. The molecule has 0 radical (unpaired) electrons. The van der Waals surface area contributed by atoms with Gasteiger partial charge in [0.2, 0.25) is 0 Å². The van der Waals surface area contributed by atoms with Gasteiger partial charge in [-0.1, -0.05) is 38.3 Å². The van der Waals surface area contributed by atoms with Crippen LogP contribution >= 0.6 is 0 Å². The highest BCUT2D eigenvalue weighted by molar-refractivity contribution is 5.28. The summed E-state index contributed by atoms with van der Waals surface area (Å²) in [7, 11) is 0. The SMILES string of the molecule is CCCCCCc1cccc(OCC2(C)CO2)c1. The molecule has 2 heteroatoms. The van der Waals surface area contributed by atoms with Crippen LogP contribution in [0.1, 0.15) is 45.1 Å². The van der Waals surface area contributed by atoms with Gasteiger partial charge in [-0.2, -0.15) is 0 Å². The zero-order chi connectivity index (χ0) is 12.8. The lowest BCUT2D eigenvalue weighted by molar-refractivity contribution is 0.202. The Labute approximate surface area is 110 Å². The lowest BCUT2D eigenvalue weighted by atomic mass is 10.1. The molecular weight excluding hydrogens is 224 g/mol. The number of rotatable bonds is 8. The van der Waals surface area contributed by atoms with E-state index in [1.54, 1.807) is 0 Å². The summed E-state index contributed by atoms with van der Waals surface area (Å²) in [5.41, 5.74) is 1.35. The third kappa shape index (κ3) is 4.34. The van der Waals surface area contributed by atoms with Crippen LogP contribution in [-0.4, -0.2) is 18.8 Å². The normalized spacial score (nSPS) is 21.9. The van der Waals surface area contributed by atoms with Crippen LogP contribution in [0, 0.1) is 0 Å². The molecule has 0 amide bonds. The summed E-state index contributed by atoms with van der Waals surface area (Å²) in [6, 6.07) is 8.47.